The molecule has 6 heteroatoms. The monoisotopic (exact) mass is 268 g/mol. The lowest BCUT2D eigenvalue weighted by Crippen LogP contribution is -2.37. The van der Waals surface area contributed by atoms with Crippen molar-refractivity contribution in [2.24, 2.45) is 0 Å². The molecule has 1 aliphatic heterocycles. The summed E-state index contributed by atoms with van der Waals surface area (Å²) in [7, 11) is -0.626. The maximum atomic E-state index is 11.3. The second kappa shape index (κ2) is 6.24. The van der Waals surface area contributed by atoms with E-state index in [9.17, 15) is 4.21 Å². The molecule has 0 aromatic carbocycles. The van der Waals surface area contributed by atoms with Crippen molar-refractivity contribution in [2.45, 2.75) is 20.4 Å². The SMILES string of the molecule is CCNc1cc(C)nc(CN2CCS(=O)CC2)n1. The summed E-state index contributed by atoms with van der Waals surface area (Å²) in [5, 5.41) is 3.21. The maximum Gasteiger partial charge on any atom is 0.144 e. The molecule has 2 rings (SSSR count). The molecule has 1 saturated heterocycles. The fraction of sp³-hybridized carbons (Fsp3) is 0.667. The zero-order valence-electron chi connectivity index (χ0n) is 11.0. The lowest BCUT2D eigenvalue weighted by molar-refractivity contribution is 0.284. The van der Waals surface area contributed by atoms with Crippen molar-refractivity contribution in [3.8, 4) is 0 Å². The highest BCUT2D eigenvalue weighted by Crippen LogP contribution is 2.09. The van der Waals surface area contributed by atoms with E-state index in [1.165, 1.54) is 0 Å². The normalized spacial score (nSPS) is 17.9. The molecule has 1 N–H and O–H groups in total. The lowest BCUT2D eigenvalue weighted by atomic mass is 10.3. The summed E-state index contributed by atoms with van der Waals surface area (Å²) in [6.07, 6.45) is 0. The fourth-order valence-electron chi connectivity index (χ4n) is 2.01. The Kier molecular flexibility index (Phi) is 4.66. The van der Waals surface area contributed by atoms with Gasteiger partial charge in [0, 0.05) is 53.7 Å². The average Bonchev–Trinajstić information content (AvgIpc) is 2.32. The number of aryl methyl sites for hydroxylation is 1. The zero-order valence-corrected chi connectivity index (χ0v) is 11.8. The van der Waals surface area contributed by atoms with Gasteiger partial charge in [-0.2, -0.15) is 0 Å². The largest absolute Gasteiger partial charge is 0.370 e. The summed E-state index contributed by atoms with van der Waals surface area (Å²) in [4.78, 5) is 11.2. The Bertz CT molecular complexity index is 428. The number of aromatic nitrogens is 2. The lowest BCUT2D eigenvalue weighted by Gasteiger charge is -2.25. The quantitative estimate of drug-likeness (QED) is 0.874. The second-order valence-corrected chi connectivity index (χ2v) is 6.16. The molecule has 1 aromatic heterocycles. The molecule has 1 fully saturated rings. The predicted octanol–water partition coefficient (Wildman–Crippen LogP) is 0.781. The first-order valence-electron chi connectivity index (χ1n) is 6.33. The van der Waals surface area contributed by atoms with E-state index in [0.29, 0.717) is 0 Å². The molecule has 0 aliphatic carbocycles. The van der Waals surface area contributed by atoms with Gasteiger partial charge in [-0.3, -0.25) is 9.11 Å². The Balaban J connectivity index is 2.02. The van der Waals surface area contributed by atoms with Gasteiger partial charge >= 0.3 is 0 Å². The van der Waals surface area contributed by atoms with Crippen LogP contribution >= 0.6 is 0 Å². The Morgan fingerprint density at radius 3 is 2.78 bits per heavy atom. The highest BCUT2D eigenvalue weighted by Gasteiger charge is 2.16. The molecule has 100 valence electrons. The molecular weight excluding hydrogens is 248 g/mol. The van der Waals surface area contributed by atoms with Crippen LogP contribution in [0, 0.1) is 6.92 Å². The predicted molar refractivity (Wildman–Crippen MR) is 74.1 cm³/mol. The minimum Gasteiger partial charge on any atom is -0.370 e. The van der Waals surface area contributed by atoms with Crippen molar-refractivity contribution >= 4 is 16.6 Å². The maximum absolute atomic E-state index is 11.3. The summed E-state index contributed by atoms with van der Waals surface area (Å²) >= 11 is 0. The molecule has 0 unspecified atom stereocenters. The van der Waals surface area contributed by atoms with Crippen LogP contribution < -0.4 is 5.32 Å². The summed E-state index contributed by atoms with van der Waals surface area (Å²) in [6.45, 7) is 7.39. The van der Waals surface area contributed by atoms with E-state index >= 15 is 0 Å². The first-order valence-corrected chi connectivity index (χ1v) is 7.82. The summed E-state index contributed by atoms with van der Waals surface area (Å²) in [5.74, 6) is 3.27. The van der Waals surface area contributed by atoms with E-state index in [0.717, 1.165) is 55.0 Å². The van der Waals surface area contributed by atoms with Gasteiger partial charge in [0.05, 0.1) is 6.54 Å². The van der Waals surface area contributed by atoms with Crippen molar-refractivity contribution in [2.75, 3.05) is 36.5 Å². The Morgan fingerprint density at radius 1 is 1.39 bits per heavy atom. The molecule has 0 bridgehead atoms. The standard InChI is InChI=1S/C12H20N4OS/c1-3-13-11-8-10(2)14-12(15-11)9-16-4-6-18(17)7-5-16/h8H,3-7,9H2,1-2H3,(H,13,14,15). The summed E-state index contributed by atoms with van der Waals surface area (Å²) < 4.78 is 11.3. The minimum absolute atomic E-state index is 0.626. The number of rotatable bonds is 4. The van der Waals surface area contributed by atoms with Crippen molar-refractivity contribution in [1.82, 2.24) is 14.9 Å². The summed E-state index contributed by atoms with van der Waals surface area (Å²) in [5.41, 5.74) is 0.983. The van der Waals surface area contributed by atoms with Gasteiger partial charge in [0.25, 0.3) is 0 Å². The molecule has 0 amide bonds. The van der Waals surface area contributed by atoms with E-state index in [1.54, 1.807) is 0 Å². The molecule has 2 heterocycles. The van der Waals surface area contributed by atoms with Crippen LogP contribution in [0.1, 0.15) is 18.4 Å². The van der Waals surface area contributed by atoms with Crippen LogP contribution in [0.4, 0.5) is 5.82 Å². The van der Waals surface area contributed by atoms with Gasteiger partial charge in [0.15, 0.2) is 0 Å². The van der Waals surface area contributed by atoms with Crippen molar-refractivity contribution in [3.63, 3.8) is 0 Å². The topological polar surface area (TPSA) is 58.1 Å². The van der Waals surface area contributed by atoms with Crippen LogP contribution in [0.5, 0.6) is 0 Å². The average molecular weight is 268 g/mol. The van der Waals surface area contributed by atoms with E-state index in [-0.39, 0.29) is 0 Å². The van der Waals surface area contributed by atoms with Crippen LogP contribution in [0.3, 0.4) is 0 Å². The van der Waals surface area contributed by atoms with Gasteiger partial charge in [-0.25, -0.2) is 9.97 Å². The number of hydrogen-bond acceptors (Lipinski definition) is 5. The number of anilines is 1. The number of hydrogen-bond donors (Lipinski definition) is 1. The molecule has 1 aliphatic rings. The van der Waals surface area contributed by atoms with Crippen LogP contribution in [0.15, 0.2) is 6.07 Å². The Hall–Kier alpha value is -1.01. The van der Waals surface area contributed by atoms with Gasteiger partial charge in [0.1, 0.15) is 11.6 Å². The third kappa shape index (κ3) is 3.74. The molecule has 0 saturated carbocycles. The van der Waals surface area contributed by atoms with Crippen molar-refractivity contribution in [3.05, 3.63) is 17.6 Å². The molecular formula is C12H20N4OS. The summed E-state index contributed by atoms with van der Waals surface area (Å²) in [6, 6.07) is 1.96. The van der Waals surface area contributed by atoms with Crippen molar-refractivity contribution < 1.29 is 4.21 Å². The van der Waals surface area contributed by atoms with Crippen LogP contribution in [-0.2, 0) is 17.3 Å². The van der Waals surface area contributed by atoms with Crippen LogP contribution in [0.25, 0.3) is 0 Å². The third-order valence-electron chi connectivity index (χ3n) is 2.89. The van der Waals surface area contributed by atoms with E-state index < -0.39 is 10.8 Å². The van der Waals surface area contributed by atoms with Crippen LogP contribution in [0.2, 0.25) is 0 Å². The minimum atomic E-state index is -0.626. The third-order valence-corrected chi connectivity index (χ3v) is 4.17. The van der Waals surface area contributed by atoms with E-state index in [1.807, 2.05) is 13.0 Å². The fourth-order valence-corrected chi connectivity index (χ4v) is 3.13. The molecule has 1 aromatic rings. The number of nitrogens with one attached hydrogen (secondary N) is 1. The number of nitrogens with zero attached hydrogens (tertiary/aromatic N) is 3. The molecule has 0 atom stereocenters. The van der Waals surface area contributed by atoms with Gasteiger partial charge in [-0.1, -0.05) is 0 Å². The Labute approximate surface area is 110 Å². The second-order valence-electron chi connectivity index (χ2n) is 4.47. The van der Waals surface area contributed by atoms with Gasteiger partial charge in [-0.05, 0) is 13.8 Å². The molecule has 0 radical (unpaired) electrons. The highest BCUT2D eigenvalue weighted by atomic mass is 32.2. The Morgan fingerprint density at radius 2 is 2.11 bits per heavy atom. The first kappa shape index (κ1) is 13.4. The molecule has 0 spiro atoms. The van der Waals surface area contributed by atoms with Gasteiger partial charge in [0.2, 0.25) is 0 Å². The van der Waals surface area contributed by atoms with Gasteiger partial charge in [-0.15, -0.1) is 0 Å². The van der Waals surface area contributed by atoms with Gasteiger partial charge < -0.3 is 5.32 Å². The smallest absolute Gasteiger partial charge is 0.144 e. The highest BCUT2D eigenvalue weighted by molar-refractivity contribution is 7.85. The van der Waals surface area contributed by atoms with Crippen molar-refractivity contribution in [1.29, 1.82) is 0 Å². The van der Waals surface area contributed by atoms with Crippen LogP contribution in [-0.4, -0.2) is 50.2 Å². The molecule has 18 heavy (non-hydrogen) atoms. The first-order chi connectivity index (χ1) is 8.67. The van der Waals surface area contributed by atoms with E-state index in [2.05, 4.69) is 27.1 Å². The molecule has 5 nitrogen and oxygen atoms in total. The van der Waals surface area contributed by atoms with E-state index in [4.69, 9.17) is 0 Å². The zero-order chi connectivity index (χ0) is 13.0.